The van der Waals surface area contributed by atoms with Crippen molar-refractivity contribution in [3.63, 3.8) is 0 Å². The van der Waals surface area contributed by atoms with Crippen LogP contribution in [-0.2, 0) is 14.3 Å². The van der Waals surface area contributed by atoms with Gasteiger partial charge in [-0.15, -0.1) is 0 Å². The second-order valence-corrected chi connectivity index (χ2v) is 8.91. The Balaban J connectivity index is 2.27. The molecule has 0 N–H and O–H groups in total. The Hall–Kier alpha value is 0.0100. The van der Waals surface area contributed by atoms with Gasteiger partial charge in [0, 0.05) is 9.84 Å². The number of fused-ring (bicyclic) bond motifs is 1. The third kappa shape index (κ3) is 3.14. The summed E-state index contributed by atoms with van der Waals surface area (Å²) in [5, 5.41) is 0. The molecule has 0 aromatic heterocycles. The monoisotopic (exact) mass is 452 g/mol. The summed E-state index contributed by atoms with van der Waals surface area (Å²) in [6, 6.07) is 0. The Kier molecular flexibility index (Phi) is 5.12. The molecule has 0 aromatic carbocycles. The van der Waals surface area contributed by atoms with Crippen LogP contribution in [0, 0.1) is 23.2 Å². The number of halogens is 4. The molecule has 2 rings (SSSR count). The van der Waals surface area contributed by atoms with E-state index in [9.17, 15) is 21.6 Å². The first kappa shape index (κ1) is 18.4. The predicted molar refractivity (Wildman–Crippen MR) is 85.7 cm³/mol. The highest BCUT2D eigenvalue weighted by atomic mass is 127. The minimum absolute atomic E-state index is 0.00997. The Morgan fingerprint density at radius 3 is 2.64 bits per heavy atom. The number of rotatable bonds is 4. The topological polar surface area (TPSA) is 43.4 Å². The summed E-state index contributed by atoms with van der Waals surface area (Å²) in [6.45, 7) is 3.99. The van der Waals surface area contributed by atoms with E-state index in [4.69, 9.17) is 0 Å². The van der Waals surface area contributed by atoms with Gasteiger partial charge in [-0.3, -0.25) is 0 Å². The molecule has 0 amide bonds. The molecule has 0 heterocycles. The van der Waals surface area contributed by atoms with E-state index in [1.54, 1.807) is 0 Å². The van der Waals surface area contributed by atoms with Gasteiger partial charge in [-0.2, -0.15) is 21.6 Å². The lowest BCUT2D eigenvalue weighted by Crippen LogP contribution is -2.36. The van der Waals surface area contributed by atoms with E-state index in [0.29, 0.717) is 24.7 Å². The number of hydrogen-bond donors (Lipinski definition) is 0. The molecule has 0 aromatic rings. The summed E-state index contributed by atoms with van der Waals surface area (Å²) in [4.78, 5) is 0. The van der Waals surface area contributed by atoms with Crippen LogP contribution in [0.3, 0.4) is 0 Å². The van der Waals surface area contributed by atoms with Crippen LogP contribution in [-0.4, -0.2) is 18.4 Å². The van der Waals surface area contributed by atoms with Gasteiger partial charge in [0.2, 0.25) is 0 Å². The molecule has 0 spiro atoms. The summed E-state index contributed by atoms with van der Waals surface area (Å²) in [6.07, 6.45) is 4.53. The minimum atomic E-state index is -5.59. The SMILES string of the molecule is CC(CI)C1CCC2(C)C(OS(=O)(=O)C(F)(F)F)=CCCC12. The molecule has 4 atom stereocenters. The van der Waals surface area contributed by atoms with Gasteiger partial charge < -0.3 is 4.18 Å². The van der Waals surface area contributed by atoms with Crippen LogP contribution in [0.1, 0.15) is 39.5 Å². The van der Waals surface area contributed by atoms with Crippen molar-refractivity contribution in [3.05, 3.63) is 11.8 Å². The fraction of sp³-hybridized carbons (Fsp3) is 0.857. The highest BCUT2D eigenvalue weighted by Crippen LogP contribution is 2.58. The third-order valence-corrected chi connectivity index (χ3v) is 7.51. The maximum Gasteiger partial charge on any atom is 0.534 e. The Morgan fingerprint density at radius 2 is 2.09 bits per heavy atom. The van der Waals surface area contributed by atoms with Crippen molar-refractivity contribution in [1.29, 1.82) is 0 Å². The van der Waals surface area contributed by atoms with Crippen LogP contribution < -0.4 is 0 Å². The molecule has 0 bridgehead atoms. The molecule has 8 heteroatoms. The predicted octanol–water partition coefficient (Wildman–Crippen LogP) is 4.63. The fourth-order valence-corrected chi connectivity index (χ4v) is 5.12. The lowest BCUT2D eigenvalue weighted by molar-refractivity contribution is -0.0540. The maximum absolute atomic E-state index is 12.6. The van der Waals surface area contributed by atoms with Crippen molar-refractivity contribution in [1.82, 2.24) is 0 Å². The van der Waals surface area contributed by atoms with Gasteiger partial charge in [-0.1, -0.05) is 36.4 Å². The van der Waals surface area contributed by atoms with E-state index < -0.39 is 21.0 Å². The van der Waals surface area contributed by atoms with Crippen LogP contribution in [0.15, 0.2) is 11.8 Å². The van der Waals surface area contributed by atoms with Crippen LogP contribution in [0.2, 0.25) is 0 Å². The van der Waals surface area contributed by atoms with Gasteiger partial charge in [0.15, 0.2) is 0 Å². The standard InChI is InChI=1S/C14H20F3IO3S/c1-9(8-18)10-6-7-13(2)11(10)4-3-5-12(13)21-22(19,20)14(15,16)17/h5,9-11H,3-4,6-8H2,1-2H3. The van der Waals surface area contributed by atoms with Crippen LogP contribution >= 0.6 is 22.6 Å². The second kappa shape index (κ2) is 6.14. The zero-order chi connectivity index (χ0) is 16.8. The molecule has 0 saturated heterocycles. The number of alkyl halides is 4. The summed E-state index contributed by atoms with van der Waals surface area (Å²) in [7, 11) is -5.59. The van der Waals surface area contributed by atoms with E-state index >= 15 is 0 Å². The molecule has 4 unspecified atom stereocenters. The highest BCUT2D eigenvalue weighted by molar-refractivity contribution is 14.1. The third-order valence-electron chi connectivity index (χ3n) is 5.16. The highest BCUT2D eigenvalue weighted by Gasteiger charge is 2.55. The zero-order valence-corrected chi connectivity index (χ0v) is 15.5. The molecule has 0 radical (unpaired) electrons. The van der Waals surface area contributed by atoms with Crippen LogP contribution in [0.4, 0.5) is 13.2 Å². The molecular formula is C14H20F3IO3S. The van der Waals surface area contributed by atoms with E-state index in [1.165, 1.54) is 6.08 Å². The molecule has 3 nitrogen and oxygen atoms in total. The molecule has 22 heavy (non-hydrogen) atoms. The number of hydrogen-bond acceptors (Lipinski definition) is 3. The van der Waals surface area contributed by atoms with Gasteiger partial charge in [-0.05, 0) is 49.5 Å². The first-order chi connectivity index (χ1) is 10.0. The van der Waals surface area contributed by atoms with Gasteiger partial charge in [-0.25, -0.2) is 0 Å². The summed E-state index contributed by atoms with van der Waals surface area (Å²) in [5.41, 5.74) is -5.99. The average molecular weight is 452 g/mol. The molecule has 0 aliphatic heterocycles. The molecule has 2 aliphatic rings. The smallest absolute Gasteiger partial charge is 0.380 e. The summed E-state index contributed by atoms with van der Waals surface area (Å²) >= 11 is 2.32. The van der Waals surface area contributed by atoms with E-state index in [-0.39, 0.29) is 11.7 Å². The normalized spacial score (nSPS) is 34.0. The summed E-state index contributed by atoms with van der Waals surface area (Å²) in [5.74, 6) is 1.04. The van der Waals surface area contributed by atoms with Gasteiger partial charge in [0.25, 0.3) is 0 Å². The van der Waals surface area contributed by atoms with Crippen molar-refractivity contribution in [2.45, 2.75) is 45.0 Å². The van der Waals surface area contributed by atoms with E-state index in [1.807, 2.05) is 6.92 Å². The molecular weight excluding hydrogens is 432 g/mol. The first-order valence-electron chi connectivity index (χ1n) is 7.30. The van der Waals surface area contributed by atoms with Gasteiger partial charge >= 0.3 is 15.6 Å². The van der Waals surface area contributed by atoms with E-state index in [0.717, 1.165) is 17.3 Å². The van der Waals surface area contributed by atoms with Crippen molar-refractivity contribution in [3.8, 4) is 0 Å². The second-order valence-electron chi connectivity index (χ2n) is 6.49. The molecule has 1 fully saturated rings. The largest absolute Gasteiger partial charge is 0.534 e. The Morgan fingerprint density at radius 1 is 1.45 bits per heavy atom. The Labute approximate surface area is 142 Å². The van der Waals surface area contributed by atoms with E-state index in [2.05, 4.69) is 33.7 Å². The van der Waals surface area contributed by atoms with Crippen molar-refractivity contribution < 1.29 is 25.8 Å². The maximum atomic E-state index is 12.6. The lowest BCUT2D eigenvalue weighted by Gasteiger charge is -2.39. The summed E-state index contributed by atoms with van der Waals surface area (Å²) < 4.78 is 65.9. The lowest BCUT2D eigenvalue weighted by atomic mass is 9.68. The van der Waals surface area contributed by atoms with Crippen LogP contribution in [0.5, 0.6) is 0 Å². The number of allylic oxidation sites excluding steroid dienone is 2. The van der Waals surface area contributed by atoms with Crippen molar-refractivity contribution in [2.75, 3.05) is 4.43 Å². The van der Waals surface area contributed by atoms with Crippen molar-refractivity contribution in [2.24, 2.45) is 23.2 Å². The zero-order valence-electron chi connectivity index (χ0n) is 12.5. The Bertz CT molecular complexity index is 558. The van der Waals surface area contributed by atoms with Gasteiger partial charge in [0.1, 0.15) is 5.76 Å². The first-order valence-corrected chi connectivity index (χ1v) is 10.2. The molecule has 2 aliphatic carbocycles. The van der Waals surface area contributed by atoms with Crippen LogP contribution in [0.25, 0.3) is 0 Å². The minimum Gasteiger partial charge on any atom is -0.380 e. The average Bonchev–Trinajstić information content (AvgIpc) is 2.75. The quantitative estimate of drug-likeness (QED) is 0.270. The molecule has 1 saturated carbocycles. The molecule has 128 valence electrons. The van der Waals surface area contributed by atoms with Gasteiger partial charge in [0.05, 0.1) is 0 Å². The van der Waals surface area contributed by atoms with Crippen molar-refractivity contribution >= 4 is 32.7 Å². The fourth-order valence-electron chi connectivity index (χ4n) is 3.88.